The third kappa shape index (κ3) is 3.38. The number of rotatable bonds is 5. The number of sulfonamides is 1. The third-order valence-electron chi connectivity index (χ3n) is 5.45. The van der Waals surface area contributed by atoms with Crippen LogP contribution in [0.2, 0.25) is 0 Å². The second kappa shape index (κ2) is 6.50. The largest absolute Gasteiger partial charge is 0.404 e. The smallest absolute Gasteiger partial charge is 0.338 e. The van der Waals surface area contributed by atoms with Gasteiger partial charge < -0.3 is 4.52 Å². The minimum Gasteiger partial charge on any atom is -0.338 e. The predicted molar refractivity (Wildman–Crippen MR) is 92.5 cm³/mol. The highest BCUT2D eigenvalue weighted by atomic mass is 32.2. The number of hydrogen-bond donors (Lipinski definition) is 0. The van der Waals surface area contributed by atoms with E-state index in [0.29, 0.717) is 12.8 Å². The Morgan fingerprint density at radius 1 is 1.28 bits per heavy atom. The fourth-order valence-electron chi connectivity index (χ4n) is 3.44. The molecular weight excluding hydrogens is 411 g/mol. The van der Waals surface area contributed by atoms with E-state index in [9.17, 15) is 21.6 Å². The fraction of sp³-hybridized carbons (Fsp3) is 0.529. The lowest BCUT2D eigenvalue weighted by Gasteiger charge is -2.28. The Kier molecular flexibility index (Phi) is 4.43. The van der Waals surface area contributed by atoms with Crippen molar-refractivity contribution < 1.29 is 26.1 Å². The number of pyridine rings is 1. The molecule has 1 saturated carbocycles. The number of aromatic nitrogens is 3. The zero-order valence-corrected chi connectivity index (χ0v) is 15.9. The highest BCUT2D eigenvalue weighted by molar-refractivity contribution is 7.89. The van der Waals surface area contributed by atoms with Crippen molar-refractivity contribution in [3.63, 3.8) is 0 Å². The van der Waals surface area contributed by atoms with Gasteiger partial charge in [0.15, 0.2) is 5.41 Å². The molecule has 1 aliphatic carbocycles. The highest BCUT2D eigenvalue weighted by Gasteiger charge is 2.64. The summed E-state index contributed by atoms with van der Waals surface area (Å²) in [7, 11) is -4.04. The van der Waals surface area contributed by atoms with Crippen molar-refractivity contribution in [3.05, 3.63) is 30.3 Å². The number of nitrogens with zero attached hydrogens (tertiary/aromatic N) is 5. The highest BCUT2D eigenvalue weighted by Crippen LogP contribution is 2.50. The van der Waals surface area contributed by atoms with E-state index in [1.54, 1.807) is 12.1 Å². The van der Waals surface area contributed by atoms with Crippen LogP contribution < -0.4 is 0 Å². The zero-order valence-electron chi connectivity index (χ0n) is 15.1. The van der Waals surface area contributed by atoms with E-state index >= 15 is 0 Å². The van der Waals surface area contributed by atoms with Gasteiger partial charge in [-0.3, -0.25) is 4.98 Å². The molecule has 0 radical (unpaired) electrons. The first kappa shape index (κ1) is 19.8. The maximum atomic E-state index is 14.1. The molecule has 3 heterocycles. The van der Waals surface area contributed by atoms with E-state index in [4.69, 9.17) is 9.78 Å². The van der Waals surface area contributed by atoms with Crippen molar-refractivity contribution in [2.45, 2.75) is 30.9 Å². The van der Waals surface area contributed by atoms with Gasteiger partial charge in [0.25, 0.3) is 0 Å². The van der Waals surface area contributed by atoms with Crippen LogP contribution in [0.4, 0.5) is 13.2 Å². The molecule has 2 aromatic heterocycles. The van der Waals surface area contributed by atoms with Gasteiger partial charge in [0.2, 0.25) is 21.7 Å². The number of hydrogen-bond acceptors (Lipinski definition) is 7. The first-order valence-electron chi connectivity index (χ1n) is 8.82. The number of nitriles is 1. The summed E-state index contributed by atoms with van der Waals surface area (Å²) in [6, 6.07) is 6.75. The normalized spacial score (nSPS) is 24.3. The SMILES string of the molecule is N#CC1(CS(=O)(=O)N2CCC(c3nc(-c4ccccn4)no3)(C(F)(F)F)C2)CC1. The fourth-order valence-corrected chi connectivity index (χ4v) is 5.46. The first-order valence-corrected chi connectivity index (χ1v) is 10.4. The minimum atomic E-state index is -4.81. The topological polar surface area (TPSA) is 113 Å². The lowest BCUT2D eigenvalue weighted by Crippen LogP contribution is -2.46. The molecule has 0 N–H and O–H groups in total. The van der Waals surface area contributed by atoms with Gasteiger partial charge in [-0.15, -0.1) is 0 Å². The van der Waals surface area contributed by atoms with Crippen LogP contribution in [0.1, 0.15) is 25.2 Å². The molecule has 154 valence electrons. The second-order valence-electron chi connectivity index (χ2n) is 7.45. The quantitative estimate of drug-likeness (QED) is 0.719. The van der Waals surface area contributed by atoms with Crippen LogP contribution >= 0.6 is 0 Å². The Morgan fingerprint density at radius 2 is 2.03 bits per heavy atom. The van der Waals surface area contributed by atoms with Crippen molar-refractivity contribution in [1.82, 2.24) is 19.4 Å². The van der Waals surface area contributed by atoms with Gasteiger partial charge in [0.05, 0.1) is 17.2 Å². The van der Waals surface area contributed by atoms with Crippen LogP contribution in [0.5, 0.6) is 0 Å². The molecule has 0 aromatic carbocycles. The van der Waals surface area contributed by atoms with Crippen LogP contribution in [0.25, 0.3) is 11.5 Å². The second-order valence-corrected chi connectivity index (χ2v) is 9.42. The van der Waals surface area contributed by atoms with Crippen LogP contribution in [0.3, 0.4) is 0 Å². The van der Waals surface area contributed by atoms with Crippen LogP contribution in [0.15, 0.2) is 28.9 Å². The van der Waals surface area contributed by atoms with Crippen LogP contribution in [-0.4, -0.2) is 52.9 Å². The average molecular weight is 427 g/mol. The van der Waals surface area contributed by atoms with Crippen LogP contribution in [-0.2, 0) is 15.4 Å². The molecule has 2 aromatic rings. The summed E-state index contributed by atoms with van der Waals surface area (Å²) in [4.78, 5) is 7.87. The maximum Gasteiger partial charge on any atom is 0.404 e. The lowest BCUT2D eigenvalue weighted by atomic mass is 9.86. The molecule has 2 aliphatic rings. The molecule has 4 rings (SSSR count). The molecule has 1 saturated heterocycles. The van der Waals surface area contributed by atoms with E-state index in [-0.39, 0.29) is 18.1 Å². The van der Waals surface area contributed by atoms with Gasteiger partial charge in [0.1, 0.15) is 5.69 Å². The Bertz CT molecular complexity index is 1060. The maximum absolute atomic E-state index is 14.1. The molecular formula is C17H16F3N5O3S. The molecule has 0 bridgehead atoms. The molecule has 1 atom stereocenters. The standard InChI is InChI=1S/C17H16F3N5O3S/c18-17(19,20)16(14-23-13(24-28-14)12-3-1-2-7-22-12)6-8-25(10-16)29(26,27)11-15(9-21)4-5-15/h1-3,7H,4-6,8,10-11H2. The summed E-state index contributed by atoms with van der Waals surface area (Å²) in [5, 5.41) is 12.7. The summed E-state index contributed by atoms with van der Waals surface area (Å²) in [6.45, 7) is -1.20. The average Bonchev–Trinajstić information content (AvgIpc) is 3.10. The third-order valence-corrected chi connectivity index (χ3v) is 7.46. The molecule has 29 heavy (non-hydrogen) atoms. The molecule has 0 amide bonds. The van der Waals surface area contributed by atoms with E-state index < -0.39 is 51.6 Å². The summed E-state index contributed by atoms with van der Waals surface area (Å²) in [6.07, 6.45) is -3.05. The van der Waals surface area contributed by atoms with Crippen molar-refractivity contribution in [2.75, 3.05) is 18.8 Å². The molecule has 1 unspecified atom stereocenters. The summed E-state index contributed by atoms with van der Waals surface area (Å²) in [5.74, 6) is -1.27. The number of alkyl halides is 3. The minimum absolute atomic E-state index is 0.105. The zero-order chi connectivity index (χ0) is 20.9. The summed E-state index contributed by atoms with van der Waals surface area (Å²) >= 11 is 0. The van der Waals surface area contributed by atoms with Gasteiger partial charge in [-0.2, -0.15) is 23.4 Å². The predicted octanol–water partition coefficient (Wildman–Crippen LogP) is 2.27. The van der Waals surface area contributed by atoms with Gasteiger partial charge in [-0.05, 0) is 31.4 Å². The van der Waals surface area contributed by atoms with Crippen molar-refractivity contribution in [3.8, 4) is 17.6 Å². The van der Waals surface area contributed by atoms with Gasteiger partial charge >= 0.3 is 6.18 Å². The van der Waals surface area contributed by atoms with Crippen molar-refractivity contribution in [2.24, 2.45) is 5.41 Å². The van der Waals surface area contributed by atoms with Gasteiger partial charge in [-0.25, -0.2) is 12.7 Å². The van der Waals surface area contributed by atoms with E-state index in [1.807, 2.05) is 6.07 Å². The molecule has 1 aliphatic heterocycles. The van der Waals surface area contributed by atoms with Gasteiger partial charge in [-0.1, -0.05) is 11.2 Å². The molecule has 0 spiro atoms. The Labute approximate surface area is 164 Å². The molecule has 8 nitrogen and oxygen atoms in total. The van der Waals surface area contributed by atoms with Crippen LogP contribution in [0, 0.1) is 16.7 Å². The van der Waals surface area contributed by atoms with Gasteiger partial charge in [0, 0.05) is 19.3 Å². The summed E-state index contributed by atoms with van der Waals surface area (Å²) in [5.41, 5.74) is -3.35. The number of halogens is 3. The van der Waals surface area contributed by atoms with Crippen molar-refractivity contribution >= 4 is 10.0 Å². The molecule has 12 heteroatoms. The monoisotopic (exact) mass is 427 g/mol. The Hall–Kier alpha value is -2.52. The Morgan fingerprint density at radius 3 is 2.62 bits per heavy atom. The van der Waals surface area contributed by atoms with E-state index in [1.165, 1.54) is 12.3 Å². The first-order chi connectivity index (χ1) is 13.6. The van der Waals surface area contributed by atoms with E-state index in [0.717, 1.165) is 4.31 Å². The molecule has 2 fully saturated rings. The van der Waals surface area contributed by atoms with E-state index in [2.05, 4.69) is 15.1 Å². The lowest BCUT2D eigenvalue weighted by molar-refractivity contribution is -0.192. The summed E-state index contributed by atoms with van der Waals surface area (Å²) < 4.78 is 73.2. The Balaban J connectivity index is 1.65. The van der Waals surface area contributed by atoms with Crippen molar-refractivity contribution in [1.29, 1.82) is 5.26 Å².